The van der Waals surface area contributed by atoms with Crippen molar-refractivity contribution in [1.29, 1.82) is 0 Å². The molecule has 2 heterocycles. The molecule has 0 amide bonds. The molecule has 0 saturated carbocycles. The summed E-state index contributed by atoms with van der Waals surface area (Å²) in [5.41, 5.74) is 3.87. The van der Waals surface area contributed by atoms with Crippen LogP contribution in [0.2, 0.25) is 0 Å². The lowest BCUT2D eigenvalue weighted by Crippen LogP contribution is -2.25. The first-order chi connectivity index (χ1) is 8.27. The van der Waals surface area contributed by atoms with Crippen LogP contribution in [0.15, 0.2) is 24.3 Å². The van der Waals surface area contributed by atoms with Gasteiger partial charge in [-0.15, -0.1) is 0 Å². The third kappa shape index (κ3) is 1.65. The molecule has 1 aliphatic rings. The molecule has 0 aliphatic carbocycles. The Morgan fingerprint density at radius 1 is 1.35 bits per heavy atom. The number of para-hydroxylation sites is 1. The Hall–Kier alpha value is -1.68. The van der Waals surface area contributed by atoms with Gasteiger partial charge in [-0.2, -0.15) is 5.10 Å². The van der Waals surface area contributed by atoms with Gasteiger partial charge >= 0.3 is 0 Å². The van der Waals surface area contributed by atoms with Crippen LogP contribution in [0.1, 0.15) is 17.0 Å². The number of nitrogens with one attached hydrogen (secondary N) is 1. The minimum Gasteiger partial charge on any atom is -0.311 e. The zero-order valence-corrected chi connectivity index (χ0v) is 9.70. The molecule has 1 aromatic heterocycles. The molecule has 2 aromatic rings. The first kappa shape index (κ1) is 10.5. The maximum absolute atomic E-state index is 13.8. The summed E-state index contributed by atoms with van der Waals surface area (Å²) in [6.45, 7) is 3.71. The second-order valence-corrected chi connectivity index (χ2v) is 4.30. The Kier molecular flexibility index (Phi) is 2.44. The summed E-state index contributed by atoms with van der Waals surface area (Å²) in [4.78, 5) is 0. The quantitative estimate of drug-likeness (QED) is 0.813. The fourth-order valence-corrected chi connectivity index (χ4v) is 2.36. The van der Waals surface area contributed by atoms with Gasteiger partial charge in [-0.3, -0.25) is 0 Å². The molecule has 1 aromatic carbocycles. The highest BCUT2D eigenvalue weighted by Gasteiger charge is 2.20. The smallest absolute Gasteiger partial charge is 0.148 e. The molecular weight excluding hydrogens is 217 g/mol. The monoisotopic (exact) mass is 231 g/mol. The van der Waals surface area contributed by atoms with Crippen LogP contribution in [-0.2, 0) is 13.0 Å². The molecule has 0 fully saturated rings. The second kappa shape index (κ2) is 3.96. The maximum Gasteiger partial charge on any atom is 0.148 e. The number of hydrogen-bond donors (Lipinski definition) is 1. The van der Waals surface area contributed by atoms with Gasteiger partial charge in [0.25, 0.3) is 0 Å². The van der Waals surface area contributed by atoms with Crippen molar-refractivity contribution in [2.24, 2.45) is 0 Å². The van der Waals surface area contributed by atoms with Gasteiger partial charge < -0.3 is 5.32 Å². The highest BCUT2D eigenvalue weighted by molar-refractivity contribution is 5.39. The van der Waals surface area contributed by atoms with E-state index >= 15 is 0 Å². The third-order valence-electron chi connectivity index (χ3n) is 3.22. The van der Waals surface area contributed by atoms with Gasteiger partial charge in [0.2, 0.25) is 0 Å². The Morgan fingerprint density at radius 2 is 2.18 bits per heavy atom. The average molecular weight is 231 g/mol. The van der Waals surface area contributed by atoms with Crippen LogP contribution < -0.4 is 5.32 Å². The SMILES string of the molecule is Cc1nn(-c2ccccc2F)c2c1CCNC2. The number of aromatic nitrogens is 2. The van der Waals surface area contributed by atoms with E-state index in [9.17, 15) is 4.39 Å². The van der Waals surface area contributed by atoms with Crippen LogP contribution in [0.3, 0.4) is 0 Å². The van der Waals surface area contributed by atoms with Crippen LogP contribution in [0, 0.1) is 12.7 Å². The fraction of sp³-hybridized carbons (Fsp3) is 0.308. The Bertz CT molecular complexity index is 560. The standard InChI is InChI=1S/C13H14FN3/c1-9-10-6-7-15-8-13(10)17(16-9)12-5-3-2-4-11(12)14/h2-5,15H,6-8H2,1H3. The summed E-state index contributed by atoms with van der Waals surface area (Å²) in [6, 6.07) is 6.75. The van der Waals surface area contributed by atoms with E-state index in [1.165, 1.54) is 11.6 Å². The number of halogens is 1. The first-order valence-corrected chi connectivity index (χ1v) is 5.80. The van der Waals surface area contributed by atoms with Crippen molar-refractivity contribution in [2.75, 3.05) is 6.54 Å². The molecule has 88 valence electrons. The molecule has 0 spiro atoms. The Labute approximate surface area is 99.3 Å². The normalized spacial score (nSPS) is 14.7. The fourth-order valence-electron chi connectivity index (χ4n) is 2.36. The van der Waals surface area contributed by atoms with Crippen LogP contribution in [0.25, 0.3) is 5.69 Å². The predicted octanol–water partition coefficient (Wildman–Crippen LogP) is 1.97. The second-order valence-electron chi connectivity index (χ2n) is 4.30. The molecule has 3 nitrogen and oxygen atoms in total. The van der Waals surface area contributed by atoms with E-state index < -0.39 is 0 Å². The third-order valence-corrected chi connectivity index (χ3v) is 3.22. The molecule has 17 heavy (non-hydrogen) atoms. The van der Waals surface area contributed by atoms with Gasteiger partial charge in [-0.25, -0.2) is 9.07 Å². The van der Waals surface area contributed by atoms with E-state index in [0.717, 1.165) is 30.9 Å². The summed E-state index contributed by atoms with van der Waals surface area (Å²) in [7, 11) is 0. The summed E-state index contributed by atoms with van der Waals surface area (Å²) in [5.74, 6) is -0.233. The molecule has 0 radical (unpaired) electrons. The number of nitrogens with zero attached hydrogens (tertiary/aromatic N) is 2. The number of hydrogen-bond acceptors (Lipinski definition) is 2. The van der Waals surface area contributed by atoms with Gasteiger partial charge in [0, 0.05) is 6.54 Å². The highest BCUT2D eigenvalue weighted by atomic mass is 19.1. The van der Waals surface area contributed by atoms with Crippen molar-refractivity contribution >= 4 is 0 Å². The van der Waals surface area contributed by atoms with Gasteiger partial charge in [0.1, 0.15) is 11.5 Å². The summed E-state index contributed by atoms with van der Waals surface area (Å²) >= 11 is 0. The molecule has 0 saturated heterocycles. The average Bonchev–Trinajstić information content (AvgIpc) is 2.68. The number of aryl methyl sites for hydroxylation is 1. The molecule has 3 rings (SSSR count). The number of rotatable bonds is 1. The summed E-state index contributed by atoms with van der Waals surface area (Å²) < 4.78 is 15.5. The summed E-state index contributed by atoms with van der Waals surface area (Å²) in [6.07, 6.45) is 0.968. The zero-order valence-electron chi connectivity index (χ0n) is 9.70. The Balaban J connectivity index is 2.19. The van der Waals surface area contributed by atoms with Crippen molar-refractivity contribution in [3.05, 3.63) is 47.0 Å². The van der Waals surface area contributed by atoms with Gasteiger partial charge in [-0.05, 0) is 37.6 Å². The van der Waals surface area contributed by atoms with E-state index in [0.29, 0.717) is 5.69 Å². The lowest BCUT2D eigenvalue weighted by molar-refractivity contribution is 0.585. The van der Waals surface area contributed by atoms with Crippen LogP contribution in [0.4, 0.5) is 4.39 Å². The van der Waals surface area contributed by atoms with E-state index in [2.05, 4.69) is 10.4 Å². The van der Waals surface area contributed by atoms with E-state index in [-0.39, 0.29) is 5.82 Å². The molecule has 4 heteroatoms. The zero-order chi connectivity index (χ0) is 11.8. The van der Waals surface area contributed by atoms with Crippen molar-refractivity contribution < 1.29 is 4.39 Å². The minimum atomic E-state index is -0.233. The van der Waals surface area contributed by atoms with Crippen LogP contribution in [-0.4, -0.2) is 16.3 Å². The first-order valence-electron chi connectivity index (χ1n) is 5.80. The number of benzene rings is 1. The largest absolute Gasteiger partial charge is 0.311 e. The lowest BCUT2D eigenvalue weighted by atomic mass is 10.1. The molecule has 1 N–H and O–H groups in total. The molecular formula is C13H14FN3. The van der Waals surface area contributed by atoms with Crippen LogP contribution >= 0.6 is 0 Å². The molecule has 0 unspecified atom stereocenters. The van der Waals surface area contributed by atoms with Crippen molar-refractivity contribution in [2.45, 2.75) is 19.9 Å². The van der Waals surface area contributed by atoms with Gasteiger partial charge in [0.05, 0.1) is 11.4 Å². The summed E-state index contributed by atoms with van der Waals surface area (Å²) in [5, 5.41) is 7.76. The van der Waals surface area contributed by atoms with E-state index in [4.69, 9.17) is 0 Å². The predicted molar refractivity (Wildman–Crippen MR) is 63.7 cm³/mol. The lowest BCUT2D eigenvalue weighted by Gasteiger charge is -2.15. The van der Waals surface area contributed by atoms with Crippen molar-refractivity contribution in [3.63, 3.8) is 0 Å². The van der Waals surface area contributed by atoms with Gasteiger partial charge in [-0.1, -0.05) is 12.1 Å². The van der Waals surface area contributed by atoms with Crippen LogP contribution in [0.5, 0.6) is 0 Å². The molecule has 0 atom stereocenters. The Morgan fingerprint density at radius 3 is 3.00 bits per heavy atom. The minimum absolute atomic E-state index is 0.233. The van der Waals surface area contributed by atoms with E-state index in [1.807, 2.05) is 13.0 Å². The highest BCUT2D eigenvalue weighted by Crippen LogP contribution is 2.22. The number of fused-ring (bicyclic) bond motifs is 1. The topological polar surface area (TPSA) is 29.9 Å². The van der Waals surface area contributed by atoms with Crippen molar-refractivity contribution in [3.8, 4) is 5.69 Å². The molecule has 1 aliphatic heterocycles. The van der Waals surface area contributed by atoms with E-state index in [1.54, 1.807) is 16.8 Å². The maximum atomic E-state index is 13.8. The molecule has 0 bridgehead atoms. The van der Waals surface area contributed by atoms with Gasteiger partial charge in [0.15, 0.2) is 0 Å². The van der Waals surface area contributed by atoms with Crippen molar-refractivity contribution in [1.82, 2.24) is 15.1 Å².